The van der Waals surface area contributed by atoms with Gasteiger partial charge in [-0.25, -0.2) is 0 Å². The first-order valence-electron chi connectivity index (χ1n) is 4.54. The third-order valence-electron chi connectivity index (χ3n) is 1.77. The molecule has 1 aromatic carbocycles. The molecule has 0 aliphatic heterocycles. The maximum atomic E-state index is 12.2. The number of hydrogen-bond donors (Lipinski definition) is 0. The van der Waals surface area contributed by atoms with Crippen LogP contribution in [0.3, 0.4) is 0 Å². The molecule has 0 heterocycles. The summed E-state index contributed by atoms with van der Waals surface area (Å²) in [7, 11) is 0. The fourth-order valence-corrected chi connectivity index (χ4v) is 0.975. The SMILES string of the molecule is CCOCOc1ccc([B-](F)(F)F)cc1. The monoisotopic (exact) mass is 219 g/mol. The lowest BCUT2D eigenvalue weighted by Gasteiger charge is -2.15. The Morgan fingerprint density at radius 1 is 1.13 bits per heavy atom. The second-order valence-corrected chi connectivity index (χ2v) is 2.90. The Morgan fingerprint density at radius 3 is 2.20 bits per heavy atom. The molecule has 0 unspecified atom stereocenters. The Labute approximate surface area is 86.1 Å². The van der Waals surface area contributed by atoms with Gasteiger partial charge in [0.15, 0.2) is 6.79 Å². The fourth-order valence-electron chi connectivity index (χ4n) is 0.975. The van der Waals surface area contributed by atoms with Gasteiger partial charge in [-0.15, -0.1) is 5.46 Å². The molecular formula is C9H11BF3O2-. The minimum atomic E-state index is -4.93. The van der Waals surface area contributed by atoms with Crippen LogP contribution in [0.1, 0.15) is 6.92 Å². The van der Waals surface area contributed by atoms with Crippen molar-refractivity contribution in [2.75, 3.05) is 13.4 Å². The van der Waals surface area contributed by atoms with Gasteiger partial charge in [0, 0.05) is 6.61 Å². The van der Waals surface area contributed by atoms with Crippen LogP contribution in [-0.2, 0) is 4.74 Å². The molecule has 1 rings (SSSR count). The molecule has 0 aliphatic rings. The van der Waals surface area contributed by atoms with E-state index in [2.05, 4.69) is 0 Å². The topological polar surface area (TPSA) is 18.5 Å². The zero-order valence-electron chi connectivity index (χ0n) is 8.25. The first-order valence-corrected chi connectivity index (χ1v) is 4.54. The molecule has 0 aliphatic carbocycles. The summed E-state index contributed by atoms with van der Waals surface area (Å²) >= 11 is 0. The standard InChI is InChI=1S/C9H11BF3O2/c1-2-14-7-15-9-5-3-8(4-6-9)10(11,12)13/h3-6H,2,7H2,1H3/q-1. The summed E-state index contributed by atoms with van der Waals surface area (Å²) in [4.78, 5) is 0. The second kappa shape index (κ2) is 5.07. The van der Waals surface area contributed by atoms with E-state index < -0.39 is 12.4 Å². The Morgan fingerprint density at radius 2 is 1.73 bits per heavy atom. The summed E-state index contributed by atoms with van der Waals surface area (Å²) < 4.78 is 46.6. The number of rotatable bonds is 5. The Balaban J connectivity index is 2.57. The van der Waals surface area contributed by atoms with Gasteiger partial charge >= 0.3 is 6.98 Å². The Hall–Kier alpha value is -1.17. The quantitative estimate of drug-likeness (QED) is 0.429. The van der Waals surface area contributed by atoms with E-state index in [1.54, 1.807) is 6.92 Å². The number of hydrogen-bond acceptors (Lipinski definition) is 2. The summed E-state index contributed by atoms with van der Waals surface area (Å²) in [5.74, 6) is 0.368. The third-order valence-corrected chi connectivity index (χ3v) is 1.77. The molecule has 1 aromatic rings. The zero-order chi connectivity index (χ0) is 11.3. The molecule has 0 aromatic heterocycles. The molecule has 0 N–H and O–H groups in total. The highest BCUT2D eigenvalue weighted by Crippen LogP contribution is 2.13. The molecule has 0 radical (unpaired) electrons. The van der Waals surface area contributed by atoms with E-state index in [9.17, 15) is 12.9 Å². The number of benzene rings is 1. The minimum absolute atomic E-state index is 0.0486. The maximum absolute atomic E-state index is 12.2. The van der Waals surface area contributed by atoms with Gasteiger partial charge in [-0.2, -0.15) is 0 Å². The van der Waals surface area contributed by atoms with Crippen LogP contribution in [0.15, 0.2) is 24.3 Å². The van der Waals surface area contributed by atoms with Gasteiger partial charge < -0.3 is 22.4 Å². The van der Waals surface area contributed by atoms with Gasteiger partial charge in [-0.05, 0) is 19.1 Å². The van der Waals surface area contributed by atoms with Crippen LogP contribution in [-0.4, -0.2) is 20.4 Å². The predicted molar refractivity (Wildman–Crippen MR) is 52.3 cm³/mol. The van der Waals surface area contributed by atoms with Gasteiger partial charge in [0.05, 0.1) is 0 Å². The zero-order valence-corrected chi connectivity index (χ0v) is 8.25. The van der Waals surface area contributed by atoms with Crippen molar-refractivity contribution in [3.63, 3.8) is 0 Å². The van der Waals surface area contributed by atoms with Gasteiger partial charge in [0.2, 0.25) is 0 Å². The van der Waals surface area contributed by atoms with E-state index in [0.717, 1.165) is 12.1 Å². The maximum Gasteiger partial charge on any atom is 0.509 e. The smallest absolute Gasteiger partial charge is 0.468 e. The lowest BCUT2D eigenvalue weighted by atomic mass is 9.80. The van der Waals surface area contributed by atoms with Gasteiger partial charge in [-0.3, -0.25) is 0 Å². The molecule has 0 fully saturated rings. The van der Waals surface area contributed by atoms with Crippen molar-refractivity contribution < 1.29 is 22.4 Å². The van der Waals surface area contributed by atoms with Crippen molar-refractivity contribution in [3.8, 4) is 5.75 Å². The molecule has 6 heteroatoms. The van der Waals surface area contributed by atoms with Gasteiger partial charge in [-0.1, -0.05) is 12.1 Å². The largest absolute Gasteiger partial charge is 0.509 e. The van der Waals surface area contributed by atoms with E-state index in [1.165, 1.54) is 12.1 Å². The van der Waals surface area contributed by atoms with Crippen LogP contribution >= 0.6 is 0 Å². The van der Waals surface area contributed by atoms with Crippen molar-refractivity contribution >= 4 is 12.4 Å². The highest BCUT2D eigenvalue weighted by atomic mass is 19.4. The molecule has 0 spiro atoms. The van der Waals surface area contributed by atoms with Gasteiger partial charge in [0.25, 0.3) is 0 Å². The van der Waals surface area contributed by atoms with Gasteiger partial charge in [0.1, 0.15) is 5.75 Å². The highest BCUT2D eigenvalue weighted by molar-refractivity contribution is 6.73. The van der Waals surface area contributed by atoms with Crippen molar-refractivity contribution in [1.82, 2.24) is 0 Å². The van der Waals surface area contributed by atoms with Crippen LogP contribution in [0.25, 0.3) is 0 Å². The first-order chi connectivity index (χ1) is 7.04. The molecular weight excluding hydrogens is 208 g/mol. The van der Waals surface area contributed by atoms with Crippen molar-refractivity contribution in [2.45, 2.75) is 6.92 Å². The van der Waals surface area contributed by atoms with E-state index in [1.807, 2.05) is 0 Å². The molecule has 0 atom stereocenters. The van der Waals surface area contributed by atoms with Crippen molar-refractivity contribution in [2.24, 2.45) is 0 Å². The van der Waals surface area contributed by atoms with Crippen LogP contribution in [0.4, 0.5) is 12.9 Å². The number of halogens is 3. The minimum Gasteiger partial charge on any atom is -0.468 e. The molecule has 0 saturated carbocycles. The average Bonchev–Trinajstić information content (AvgIpc) is 2.18. The van der Waals surface area contributed by atoms with Crippen LogP contribution < -0.4 is 10.2 Å². The molecule has 0 saturated heterocycles. The average molecular weight is 219 g/mol. The van der Waals surface area contributed by atoms with E-state index >= 15 is 0 Å². The highest BCUT2D eigenvalue weighted by Gasteiger charge is 2.24. The first kappa shape index (κ1) is 11.9. The summed E-state index contributed by atoms with van der Waals surface area (Å²) in [6, 6.07) is 4.57. The van der Waals surface area contributed by atoms with Crippen LogP contribution in [0.5, 0.6) is 5.75 Å². The molecule has 0 bridgehead atoms. The lowest BCUT2D eigenvalue weighted by Crippen LogP contribution is -2.33. The van der Waals surface area contributed by atoms with E-state index in [-0.39, 0.29) is 6.79 Å². The van der Waals surface area contributed by atoms with Crippen LogP contribution in [0, 0.1) is 0 Å². The lowest BCUT2D eigenvalue weighted by molar-refractivity contribution is 0.0224. The van der Waals surface area contributed by atoms with Crippen molar-refractivity contribution in [3.05, 3.63) is 24.3 Å². The normalized spacial score (nSPS) is 11.5. The van der Waals surface area contributed by atoms with E-state index in [0.29, 0.717) is 12.4 Å². The fraction of sp³-hybridized carbons (Fsp3) is 0.333. The third kappa shape index (κ3) is 3.83. The predicted octanol–water partition coefficient (Wildman–Crippen LogP) is 2.11. The summed E-state index contributed by atoms with van der Waals surface area (Å²) in [5.41, 5.74) is -0.626. The van der Waals surface area contributed by atoms with Crippen LogP contribution in [0.2, 0.25) is 0 Å². The molecule has 15 heavy (non-hydrogen) atoms. The molecule has 84 valence electrons. The Bertz CT molecular complexity index is 297. The Kier molecular flexibility index (Phi) is 4.02. The molecule has 2 nitrogen and oxygen atoms in total. The summed E-state index contributed by atoms with van der Waals surface area (Å²) in [6.07, 6.45) is 0. The number of ether oxygens (including phenoxy) is 2. The molecule has 0 amide bonds. The second-order valence-electron chi connectivity index (χ2n) is 2.90. The summed E-state index contributed by atoms with van der Waals surface area (Å²) in [5, 5.41) is 0. The van der Waals surface area contributed by atoms with E-state index in [4.69, 9.17) is 9.47 Å². The summed E-state index contributed by atoms with van der Waals surface area (Å²) in [6.45, 7) is -2.57. The van der Waals surface area contributed by atoms with Crippen molar-refractivity contribution in [1.29, 1.82) is 0 Å².